The molecular weight excluding hydrogens is 288 g/mol. The van der Waals surface area contributed by atoms with E-state index in [1.165, 1.54) is 16.7 Å². The molecule has 0 aliphatic rings. The second kappa shape index (κ2) is 8.34. The maximum absolute atomic E-state index is 12.2. The van der Waals surface area contributed by atoms with Crippen molar-refractivity contribution in [2.24, 2.45) is 0 Å². The SMILES string of the molecule is Cc1cc(C)cc(CNCCN(C(=O)OC(C)(C)C)C(C)C)c1. The number of aryl methyl sites for hydroxylation is 2. The molecule has 130 valence electrons. The molecule has 1 aromatic carbocycles. The molecule has 0 aliphatic carbocycles. The smallest absolute Gasteiger partial charge is 0.410 e. The molecule has 1 rings (SSSR count). The fourth-order valence-electron chi connectivity index (χ4n) is 2.48. The highest BCUT2D eigenvalue weighted by Crippen LogP contribution is 2.12. The van der Waals surface area contributed by atoms with Crippen molar-refractivity contribution in [3.8, 4) is 0 Å². The van der Waals surface area contributed by atoms with Gasteiger partial charge in [0, 0.05) is 25.7 Å². The fourth-order valence-corrected chi connectivity index (χ4v) is 2.48. The van der Waals surface area contributed by atoms with Crippen molar-refractivity contribution in [2.75, 3.05) is 13.1 Å². The maximum Gasteiger partial charge on any atom is 0.410 e. The first kappa shape index (κ1) is 19.5. The summed E-state index contributed by atoms with van der Waals surface area (Å²) < 4.78 is 5.47. The van der Waals surface area contributed by atoms with Gasteiger partial charge in [-0.2, -0.15) is 0 Å². The Kier molecular flexibility index (Phi) is 7.07. The third-order valence-corrected chi connectivity index (χ3v) is 3.39. The monoisotopic (exact) mass is 320 g/mol. The van der Waals surface area contributed by atoms with E-state index in [0.717, 1.165) is 13.1 Å². The average molecular weight is 320 g/mol. The standard InChI is InChI=1S/C19H32N2O2/c1-14(2)21(18(22)23-19(5,6)7)9-8-20-13-17-11-15(3)10-16(4)12-17/h10-12,14,20H,8-9,13H2,1-7H3. The van der Waals surface area contributed by atoms with E-state index >= 15 is 0 Å². The predicted octanol–water partition coefficient (Wildman–Crippen LogP) is 4.04. The van der Waals surface area contributed by atoms with Crippen molar-refractivity contribution in [2.45, 2.75) is 66.7 Å². The van der Waals surface area contributed by atoms with Gasteiger partial charge in [-0.05, 0) is 54.0 Å². The predicted molar refractivity (Wildman–Crippen MR) is 95.7 cm³/mol. The van der Waals surface area contributed by atoms with Gasteiger partial charge in [-0.3, -0.25) is 0 Å². The van der Waals surface area contributed by atoms with Crippen molar-refractivity contribution in [1.82, 2.24) is 10.2 Å². The fraction of sp³-hybridized carbons (Fsp3) is 0.632. The third-order valence-electron chi connectivity index (χ3n) is 3.39. The van der Waals surface area contributed by atoms with Crippen LogP contribution in [-0.2, 0) is 11.3 Å². The molecule has 0 radical (unpaired) electrons. The van der Waals surface area contributed by atoms with Gasteiger partial charge in [-0.1, -0.05) is 29.3 Å². The van der Waals surface area contributed by atoms with Crippen LogP contribution < -0.4 is 5.32 Å². The van der Waals surface area contributed by atoms with Gasteiger partial charge < -0.3 is 15.0 Å². The first-order chi connectivity index (χ1) is 10.6. The Labute approximate surface area is 141 Å². The van der Waals surface area contributed by atoms with E-state index in [2.05, 4.69) is 37.4 Å². The van der Waals surface area contributed by atoms with Crippen molar-refractivity contribution < 1.29 is 9.53 Å². The van der Waals surface area contributed by atoms with E-state index in [-0.39, 0.29) is 12.1 Å². The van der Waals surface area contributed by atoms with Crippen LogP contribution in [0.3, 0.4) is 0 Å². The van der Waals surface area contributed by atoms with Crippen LogP contribution in [0.15, 0.2) is 18.2 Å². The van der Waals surface area contributed by atoms with Crippen LogP contribution in [-0.4, -0.2) is 35.7 Å². The lowest BCUT2D eigenvalue weighted by molar-refractivity contribution is 0.0193. The highest BCUT2D eigenvalue weighted by molar-refractivity contribution is 5.68. The Morgan fingerprint density at radius 2 is 1.74 bits per heavy atom. The summed E-state index contributed by atoms with van der Waals surface area (Å²) in [6.07, 6.45) is -0.249. The first-order valence-corrected chi connectivity index (χ1v) is 8.36. The summed E-state index contributed by atoms with van der Waals surface area (Å²) in [5.41, 5.74) is 3.37. The lowest BCUT2D eigenvalue weighted by Gasteiger charge is -2.30. The molecule has 0 aliphatic heterocycles. The quantitative estimate of drug-likeness (QED) is 0.804. The van der Waals surface area contributed by atoms with E-state index in [1.54, 1.807) is 4.90 Å². The zero-order valence-corrected chi connectivity index (χ0v) is 15.7. The molecule has 0 fully saturated rings. The van der Waals surface area contributed by atoms with Crippen LogP contribution in [0.1, 0.15) is 51.3 Å². The zero-order valence-electron chi connectivity index (χ0n) is 15.7. The summed E-state index contributed by atoms with van der Waals surface area (Å²) in [4.78, 5) is 14.0. The van der Waals surface area contributed by atoms with Gasteiger partial charge in [0.1, 0.15) is 5.60 Å². The number of amides is 1. The highest BCUT2D eigenvalue weighted by atomic mass is 16.6. The Balaban J connectivity index is 2.48. The Morgan fingerprint density at radius 3 is 2.22 bits per heavy atom. The minimum absolute atomic E-state index is 0.118. The van der Waals surface area contributed by atoms with Crippen LogP contribution in [0.25, 0.3) is 0 Å². The second-order valence-corrected chi connectivity index (χ2v) is 7.44. The van der Waals surface area contributed by atoms with E-state index in [0.29, 0.717) is 6.54 Å². The van der Waals surface area contributed by atoms with Crippen LogP contribution in [0.2, 0.25) is 0 Å². The summed E-state index contributed by atoms with van der Waals surface area (Å²) in [5, 5.41) is 3.41. The number of carbonyl (C=O) groups is 1. The molecule has 1 N–H and O–H groups in total. The molecule has 0 saturated carbocycles. The van der Waals surface area contributed by atoms with Gasteiger partial charge in [0.25, 0.3) is 0 Å². The number of nitrogens with one attached hydrogen (secondary N) is 1. The van der Waals surface area contributed by atoms with Crippen LogP contribution in [0.5, 0.6) is 0 Å². The second-order valence-electron chi connectivity index (χ2n) is 7.44. The van der Waals surface area contributed by atoms with Gasteiger partial charge in [-0.15, -0.1) is 0 Å². The number of ether oxygens (including phenoxy) is 1. The minimum atomic E-state index is -0.462. The minimum Gasteiger partial charge on any atom is -0.444 e. The summed E-state index contributed by atoms with van der Waals surface area (Å²) in [5.74, 6) is 0. The molecule has 23 heavy (non-hydrogen) atoms. The van der Waals surface area contributed by atoms with Crippen LogP contribution in [0.4, 0.5) is 4.79 Å². The molecule has 0 bridgehead atoms. The molecule has 4 heteroatoms. The highest BCUT2D eigenvalue weighted by Gasteiger charge is 2.23. The van der Waals surface area contributed by atoms with E-state index in [9.17, 15) is 4.79 Å². The van der Waals surface area contributed by atoms with Gasteiger partial charge in [0.2, 0.25) is 0 Å². The Morgan fingerprint density at radius 1 is 1.17 bits per heavy atom. The topological polar surface area (TPSA) is 41.6 Å². The molecule has 4 nitrogen and oxygen atoms in total. The Hall–Kier alpha value is -1.55. The average Bonchev–Trinajstić information content (AvgIpc) is 2.34. The van der Waals surface area contributed by atoms with Crippen LogP contribution in [0, 0.1) is 13.8 Å². The van der Waals surface area contributed by atoms with Crippen LogP contribution >= 0.6 is 0 Å². The molecular formula is C19H32N2O2. The lowest BCUT2D eigenvalue weighted by Crippen LogP contribution is -2.44. The summed E-state index contributed by atoms with van der Waals surface area (Å²) in [6.45, 7) is 16.1. The number of nitrogens with zero attached hydrogens (tertiary/aromatic N) is 1. The van der Waals surface area contributed by atoms with Crippen molar-refractivity contribution in [3.05, 3.63) is 34.9 Å². The molecule has 0 aromatic heterocycles. The molecule has 0 atom stereocenters. The number of carbonyl (C=O) groups excluding carboxylic acids is 1. The van der Waals surface area contributed by atoms with Crippen molar-refractivity contribution >= 4 is 6.09 Å². The number of benzene rings is 1. The third kappa shape index (κ3) is 7.51. The normalized spacial score (nSPS) is 11.7. The van der Waals surface area contributed by atoms with Gasteiger partial charge in [-0.25, -0.2) is 4.79 Å². The molecule has 0 heterocycles. The molecule has 0 saturated heterocycles. The maximum atomic E-state index is 12.2. The first-order valence-electron chi connectivity index (χ1n) is 8.36. The number of hydrogen-bond acceptors (Lipinski definition) is 3. The molecule has 0 spiro atoms. The number of rotatable bonds is 6. The van der Waals surface area contributed by atoms with Gasteiger partial charge in [0.15, 0.2) is 0 Å². The molecule has 0 unspecified atom stereocenters. The lowest BCUT2D eigenvalue weighted by atomic mass is 10.1. The zero-order chi connectivity index (χ0) is 17.6. The largest absolute Gasteiger partial charge is 0.444 e. The number of hydrogen-bond donors (Lipinski definition) is 1. The summed E-state index contributed by atoms with van der Waals surface area (Å²) in [7, 11) is 0. The van der Waals surface area contributed by atoms with Gasteiger partial charge in [0.05, 0.1) is 0 Å². The molecule has 1 amide bonds. The Bertz CT molecular complexity index is 498. The van der Waals surface area contributed by atoms with Crippen molar-refractivity contribution in [1.29, 1.82) is 0 Å². The van der Waals surface area contributed by atoms with Gasteiger partial charge >= 0.3 is 6.09 Å². The van der Waals surface area contributed by atoms with E-state index in [4.69, 9.17) is 4.74 Å². The molecule has 1 aromatic rings. The van der Waals surface area contributed by atoms with Crippen molar-refractivity contribution in [3.63, 3.8) is 0 Å². The van der Waals surface area contributed by atoms with E-state index < -0.39 is 5.60 Å². The summed E-state index contributed by atoms with van der Waals surface area (Å²) in [6, 6.07) is 6.67. The van der Waals surface area contributed by atoms with E-state index in [1.807, 2.05) is 34.6 Å². The summed E-state index contributed by atoms with van der Waals surface area (Å²) >= 11 is 0.